The average Bonchev–Trinajstić information content (AvgIpc) is 2.95. The van der Waals surface area contributed by atoms with Crippen molar-refractivity contribution in [1.82, 2.24) is 9.80 Å². The van der Waals surface area contributed by atoms with Gasteiger partial charge in [0, 0.05) is 19.6 Å². The number of nitrogens with zero attached hydrogens (tertiary/aromatic N) is 2. The highest BCUT2D eigenvalue weighted by molar-refractivity contribution is 6.02. The summed E-state index contributed by atoms with van der Waals surface area (Å²) in [7, 11) is 0. The quantitative estimate of drug-likeness (QED) is 0.634. The molecule has 2 heterocycles. The van der Waals surface area contributed by atoms with Crippen molar-refractivity contribution < 1.29 is 14.7 Å². The molecule has 1 unspecified atom stereocenters. The van der Waals surface area contributed by atoms with E-state index >= 15 is 0 Å². The lowest BCUT2D eigenvalue weighted by Gasteiger charge is -2.38. The number of likely N-dealkylation sites (tertiary alicyclic amines) is 2. The van der Waals surface area contributed by atoms with Crippen LogP contribution in [0.5, 0.6) is 0 Å². The van der Waals surface area contributed by atoms with Crippen molar-refractivity contribution in [2.24, 2.45) is 11.3 Å². The first-order valence-electron chi connectivity index (χ1n) is 9.52. The SMILES string of the molecule is O=C(O)C1(C(=O)N2CCCC(CN3CCCCCC3)C2)CC=CC1. The molecule has 1 atom stereocenters. The molecule has 1 amide bonds. The fourth-order valence-electron chi connectivity index (χ4n) is 4.48. The lowest BCUT2D eigenvalue weighted by molar-refractivity contribution is -0.161. The number of hydrogen-bond donors (Lipinski definition) is 1. The number of aliphatic carboxylic acids is 1. The zero-order valence-electron chi connectivity index (χ0n) is 14.6. The van der Waals surface area contributed by atoms with Gasteiger partial charge in [-0.15, -0.1) is 0 Å². The van der Waals surface area contributed by atoms with Crippen molar-refractivity contribution in [3.8, 4) is 0 Å². The van der Waals surface area contributed by atoms with Crippen molar-refractivity contribution in [2.45, 2.75) is 51.4 Å². The summed E-state index contributed by atoms with van der Waals surface area (Å²) in [6, 6.07) is 0. The third-order valence-electron chi connectivity index (χ3n) is 5.94. The predicted molar refractivity (Wildman–Crippen MR) is 92.7 cm³/mol. The molecule has 134 valence electrons. The first-order chi connectivity index (χ1) is 11.6. The summed E-state index contributed by atoms with van der Waals surface area (Å²) in [5, 5.41) is 9.63. The van der Waals surface area contributed by atoms with E-state index in [0.29, 0.717) is 25.3 Å². The van der Waals surface area contributed by atoms with Crippen molar-refractivity contribution in [1.29, 1.82) is 0 Å². The highest BCUT2D eigenvalue weighted by Crippen LogP contribution is 2.37. The van der Waals surface area contributed by atoms with E-state index in [1.165, 1.54) is 38.8 Å². The van der Waals surface area contributed by atoms with E-state index in [1.54, 1.807) is 0 Å². The number of amides is 1. The molecule has 3 rings (SSSR count). The predicted octanol–water partition coefficient (Wildman–Crippen LogP) is 2.52. The van der Waals surface area contributed by atoms with Gasteiger partial charge in [-0.05, 0) is 57.5 Å². The zero-order valence-corrected chi connectivity index (χ0v) is 14.6. The van der Waals surface area contributed by atoms with Gasteiger partial charge in [0.05, 0.1) is 0 Å². The molecule has 0 aromatic carbocycles. The Labute approximate surface area is 144 Å². The number of rotatable bonds is 4. The van der Waals surface area contributed by atoms with Gasteiger partial charge < -0.3 is 14.9 Å². The normalized spacial score (nSPS) is 27.8. The Morgan fingerprint density at radius 1 is 1.00 bits per heavy atom. The first-order valence-corrected chi connectivity index (χ1v) is 9.52. The molecule has 2 saturated heterocycles. The van der Waals surface area contributed by atoms with E-state index in [9.17, 15) is 14.7 Å². The first kappa shape index (κ1) is 17.5. The topological polar surface area (TPSA) is 60.9 Å². The van der Waals surface area contributed by atoms with Gasteiger partial charge in [0.1, 0.15) is 0 Å². The van der Waals surface area contributed by atoms with Gasteiger partial charge in [-0.1, -0.05) is 25.0 Å². The number of piperidine rings is 1. The highest BCUT2D eigenvalue weighted by atomic mass is 16.4. The van der Waals surface area contributed by atoms with Crippen LogP contribution in [0.15, 0.2) is 12.2 Å². The standard InChI is InChI=1S/C19H30N2O3/c22-17(19(18(23)24)9-3-4-10-19)21-13-7-8-16(15-21)14-20-11-5-1-2-6-12-20/h3-4,16H,1-2,5-15H2,(H,23,24). The molecule has 1 N–H and O–H groups in total. The Morgan fingerprint density at radius 3 is 2.29 bits per heavy atom. The smallest absolute Gasteiger partial charge is 0.319 e. The van der Waals surface area contributed by atoms with E-state index in [2.05, 4.69) is 4.90 Å². The fourth-order valence-corrected chi connectivity index (χ4v) is 4.48. The minimum Gasteiger partial charge on any atom is -0.480 e. The van der Waals surface area contributed by atoms with Gasteiger partial charge in [0.15, 0.2) is 5.41 Å². The minimum absolute atomic E-state index is 0.166. The average molecular weight is 334 g/mol. The molecule has 2 aliphatic heterocycles. The second-order valence-corrected chi connectivity index (χ2v) is 7.74. The summed E-state index contributed by atoms with van der Waals surface area (Å²) in [5.74, 6) is -0.645. The van der Waals surface area contributed by atoms with Crippen molar-refractivity contribution >= 4 is 11.9 Å². The lowest BCUT2D eigenvalue weighted by Crippen LogP contribution is -2.51. The van der Waals surface area contributed by atoms with Gasteiger partial charge in [0.25, 0.3) is 0 Å². The van der Waals surface area contributed by atoms with Crippen molar-refractivity contribution in [3.05, 3.63) is 12.2 Å². The summed E-state index contributed by atoms with van der Waals surface area (Å²) in [6.45, 7) is 4.84. The minimum atomic E-state index is -1.23. The molecule has 24 heavy (non-hydrogen) atoms. The van der Waals surface area contributed by atoms with Crippen LogP contribution in [0.3, 0.4) is 0 Å². The number of carbonyl (C=O) groups is 2. The second-order valence-electron chi connectivity index (χ2n) is 7.74. The van der Waals surface area contributed by atoms with Gasteiger partial charge in [-0.3, -0.25) is 9.59 Å². The summed E-state index contributed by atoms with van der Waals surface area (Å²) in [5.41, 5.74) is -1.23. The molecule has 5 nitrogen and oxygen atoms in total. The third kappa shape index (κ3) is 3.66. The van der Waals surface area contributed by atoms with Crippen LogP contribution in [-0.4, -0.2) is 59.5 Å². The van der Waals surface area contributed by atoms with Crippen molar-refractivity contribution in [2.75, 3.05) is 32.7 Å². The van der Waals surface area contributed by atoms with Gasteiger partial charge >= 0.3 is 5.97 Å². The molecule has 0 spiro atoms. The molecule has 0 aromatic rings. The van der Waals surface area contributed by atoms with E-state index < -0.39 is 11.4 Å². The number of carboxylic acids is 1. The maximum Gasteiger partial charge on any atom is 0.319 e. The van der Waals surface area contributed by atoms with Crippen LogP contribution in [0.4, 0.5) is 0 Å². The largest absolute Gasteiger partial charge is 0.480 e. The van der Waals surface area contributed by atoms with Gasteiger partial charge in [0.2, 0.25) is 5.91 Å². The number of carbonyl (C=O) groups excluding carboxylic acids is 1. The van der Waals surface area contributed by atoms with Crippen LogP contribution < -0.4 is 0 Å². The number of hydrogen-bond acceptors (Lipinski definition) is 3. The molecule has 3 aliphatic rings. The molecule has 5 heteroatoms. The van der Waals surface area contributed by atoms with Crippen LogP contribution >= 0.6 is 0 Å². The molecule has 0 aromatic heterocycles. The summed E-state index contributed by atoms with van der Waals surface area (Å²) in [6.07, 6.45) is 11.7. The summed E-state index contributed by atoms with van der Waals surface area (Å²) >= 11 is 0. The Hall–Kier alpha value is -1.36. The molecule has 2 fully saturated rings. The molecule has 1 aliphatic carbocycles. The lowest BCUT2D eigenvalue weighted by atomic mass is 9.82. The third-order valence-corrected chi connectivity index (χ3v) is 5.94. The van der Waals surface area contributed by atoms with Crippen LogP contribution in [0.2, 0.25) is 0 Å². The van der Waals surface area contributed by atoms with Crippen LogP contribution in [0.1, 0.15) is 51.4 Å². The van der Waals surface area contributed by atoms with Gasteiger partial charge in [-0.2, -0.15) is 0 Å². The summed E-state index contributed by atoms with van der Waals surface area (Å²) < 4.78 is 0. The maximum atomic E-state index is 12.9. The molecule has 0 bridgehead atoms. The Balaban J connectivity index is 1.60. The molecule has 0 saturated carbocycles. The Morgan fingerprint density at radius 2 is 1.67 bits per heavy atom. The second kappa shape index (κ2) is 7.68. The molecular weight excluding hydrogens is 304 g/mol. The van der Waals surface area contributed by atoms with Crippen LogP contribution in [0.25, 0.3) is 0 Å². The van der Waals surface area contributed by atoms with Crippen LogP contribution in [0, 0.1) is 11.3 Å². The zero-order chi connectivity index (χ0) is 17.0. The number of carboxylic acid groups (broad SMARTS) is 1. The van der Waals surface area contributed by atoms with Gasteiger partial charge in [-0.25, -0.2) is 0 Å². The van der Waals surface area contributed by atoms with E-state index in [1.807, 2.05) is 17.1 Å². The van der Waals surface area contributed by atoms with Crippen molar-refractivity contribution in [3.63, 3.8) is 0 Å². The van der Waals surface area contributed by atoms with Crippen LogP contribution in [-0.2, 0) is 9.59 Å². The Kier molecular flexibility index (Phi) is 5.59. The van der Waals surface area contributed by atoms with E-state index in [0.717, 1.165) is 25.9 Å². The van der Waals surface area contributed by atoms with E-state index in [-0.39, 0.29) is 5.91 Å². The summed E-state index contributed by atoms with van der Waals surface area (Å²) in [4.78, 5) is 29.1. The highest BCUT2D eigenvalue weighted by Gasteiger charge is 2.49. The maximum absolute atomic E-state index is 12.9. The molecular formula is C19H30N2O3. The van der Waals surface area contributed by atoms with E-state index in [4.69, 9.17) is 0 Å². The Bertz CT molecular complexity index is 487. The monoisotopic (exact) mass is 334 g/mol. The number of allylic oxidation sites excluding steroid dienone is 2. The molecule has 0 radical (unpaired) electrons. The fraction of sp³-hybridized carbons (Fsp3) is 0.789.